The summed E-state index contributed by atoms with van der Waals surface area (Å²) in [5.41, 5.74) is 6.01. The van der Waals surface area contributed by atoms with Crippen molar-refractivity contribution in [1.29, 1.82) is 0 Å². The van der Waals surface area contributed by atoms with Crippen LogP contribution in [0.5, 0.6) is 0 Å². The molecule has 0 N–H and O–H groups in total. The van der Waals surface area contributed by atoms with Crippen molar-refractivity contribution >= 4 is 0 Å². The van der Waals surface area contributed by atoms with Crippen LogP contribution in [0.2, 0.25) is 0 Å². The summed E-state index contributed by atoms with van der Waals surface area (Å²) in [5.74, 6) is 1.32. The second-order valence-corrected chi connectivity index (χ2v) is 6.75. The van der Waals surface area contributed by atoms with E-state index in [0.717, 1.165) is 5.92 Å². The van der Waals surface area contributed by atoms with Crippen molar-refractivity contribution in [2.45, 2.75) is 31.7 Å². The molecule has 2 aliphatic rings. The van der Waals surface area contributed by atoms with Gasteiger partial charge >= 0.3 is 0 Å². The molecule has 108 valence electrons. The molecule has 1 fully saturated rings. The Morgan fingerprint density at radius 1 is 1.00 bits per heavy atom. The molecule has 21 heavy (non-hydrogen) atoms. The Morgan fingerprint density at radius 2 is 1.81 bits per heavy atom. The maximum absolute atomic E-state index is 2.57. The van der Waals surface area contributed by atoms with Crippen LogP contribution in [0.1, 0.15) is 47.1 Å². The second-order valence-electron chi connectivity index (χ2n) is 6.75. The summed E-state index contributed by atoms with van der Waals surface area (Å²) < 4.78 is 0. The molecule has 0 radical (unpaired) electrons. The molecule has 2 aromatic carbocycles. The Labute approximate surface area is 127 Å². The van der Waals surface area contributed by atoms with Gasteiger partial charge in [0.25, 0.3) is 0 Å². The molecule has 0 aromatic heterocycles. The van der Waals surface area contributed by atoms with Crippen LogP contribution < -0.4 is 0 Å². The number of hydrogen-bond donors (Lipinski definition) is 0. The van der Waals surface area contributed by atoms with E-state index in [1.165, 1.54) is 30.5 Å². The van der Waals surface area contributed by atoms with Crippen LogP contribution in [-0.4, -0.2) is 18.5 Å². The van der Waals surface area contributed by atoms with Crippen molar-refractivity contribution in [3.8, 4) is 0 Å². The first-order valence-corrected chi connectivity index (χ1v) is 8.11. The van der Waals surface area contributed by atoms with Gasteiger partial charge in [-0.2, -0.15) is 0 Å². The highest BCUT2D eigenvalue weighted by molar-refractivity contribution is 5.47. The fourth-order valence-electron chi connectivity index (χ4n) is 4.60. The zero-order valence-corrected chi connectivity index (χ0v) is 12.9. The standard InChI is InChI=1S/C20H23N/c1-14-7-5-8-15(13-14)19-16-9-3-4-10-17(16)20-18(19)11-6-12-21(20)2/h3-5,7-10,13,18-20H,6,11-12H2,1-2H3/t18-,19+,20+/m1/s1. The molecule has 1 heterocycles. The summed E-state index contributed by atoms with van der Waals surface area (Å²) in [6, 6.07) is 18.9. The Hall–Kier alpha value is -1.60. The Bertz CT molecular complexity index is 660. The normalized spacial score (nSPS) is 28.2. The van der Waals surface area contributed by atoms with E-state index in [1.54, 1.807) is 11.1 Å². The van der Waals surface area contributed by atoms with Gasteiger partial charge in [0.15, 0.2) is 0 Å². The minimum Gasteiger partial charge on any atom is -0.299 e. The molecule has 2 aromatic rings. The van der Waals surface area contributed by atoms with Crippen molar-refractivity contribution < 1.29 is 0 Å². The molecular formula is C20H23N. The van der Waals surface area contributed by atoms with Crippen LogP contribution >= 0.6 is 0 Å². The van der Waals surface area contributed by atoms with Crippen molar-refractivity contribution in [2.24, 2.45) is 5.92 Å². The quantitative estimate of drug-likeness (QED) is 0.740. The van der Waals surface area contributed by atoms with Crippen LogP contribution in [0.25, 0.3) is 0 Å². The average molecular weight is 277 g/mol. The van der Waals surface area contributed by atoms with Crippen molar-refractivity contribution in [3.63, 3.8) is 0 Å². The minimum atomic E-state index is 0.578. The molecule has 1 aliphatic heterocycles. The third kappa shape index (κ3) is 2.03. The number of nitrogens with zero attached hydrogens (tertiary/aromatic N) is 1. The number of hydrogen-bond acceptors (Lipinski definition) is 1. The Balaban J connectivity index is 1.86. The first-order chi connectivity index (χ1) is 10.3. The van der Waals surface area contributed by atoms with Crippen LogP contribution in [-0.2, 0) is 0 Å². The SMILES string of the molecule is Cc1cccc([C@H]2c3ccccc3[C@H]3[C@@H]2CCCN3C)c1. The van der Waals surface area contributed by atoms with E-state index < -0.39 is 0 Å². The van der Waals surface area contributed by atoms with Gasteiger partial charge in [0.1, 0.15) is 0 Å². The predicted molar refractivity (Wildman–Crippen MR) is 87.6 cm³/mol. The van der Waals surface area contributed by atoms with E-state index in [4.69, 9.17) is 0 Å². The van der Waals surface area contributed by atoms with Crippen LogP contribution in [0.15, 0.2) is 48.5 Å². The first-order valence-electron chi connectivity index (χ1n) is 8.11. The maximum Gasteiger partial charge on any atom is 0.0385 e. The monoisotopic (exact) mass is 277 g/mol. The fourth-order valence-corrected chi connectivity index (χ4v) is 4.60. The third-order valence-corrected chi connectivity index (χ3v) is 5.41. The zero-order valence-electron chi connectivity index (χ0n) is 12.9. The largest absolute Gasteiger partial charge is 0.299 e. The van der Waals surface area contributed by atoms with E-state index in [1.807, 2.05) is 0 Å². The average Bonchev–Trinajstić information content (AvgIpc) is 2.83. The lowest BCUT2D eigenvalue weighted by Gasteiger charge is -2.37. The molecule has 4 rings (SSSR count). The third-order valence-electron chi connectivity index (χ3n) is 5.41. The topological polar surface area (TPSA) is 3.24 Å². The minimum absolute atomic E-state index is 0.578. The van der Waals surface area contributed by atoms with E-state index in [0.29, 0.717) is 12.0 Å². The van der Waals surface area contributed by atoms with Gasteiger partial charge in [-0.25, -0.2) is 0 Å². The lowest BCUT2D eigenvalue weighted by atomic mass is 9.80. The highest BCUT2D eigenvalue weighted by Gasteiger charge is 2.44. The molecular weight excluding hydrogens is 254 g/mol. The number of likely N-dealkylation sites (tertiary alicyclic amines) is 1. The molecule has 3 atom stereocenters. The molecule has 1 nitrogen and oxygen atoms in total. The van der Waals surface area contributed by atoms with Gasteiger partial charge in [-0.05, 0) is 56.0 Å². The summed E-state index contributed by atoms with van der Waals surface area (Å²) >= 11 is 0. The lowest BCUT2D eigenvalue weighted by Crippen LogP contribution is -2.34. The molecule has 0 amide bonds. The summed E-state index contributed by atoms with van der Waals surface area (Å²) in [6.07, 6.45) is 2.68. The van der Waals surface area contributed by atoms with Crippen molar-refractivity contribution in [2.75, 3.05) is 13.6 Å². The van der Waals surface area contributed by atoms with Crippen LogP contribution in [0.3, 0.4) is 0 Å². The summed E-state index contributed by atoms with van der Waals surface area (Å²) in [6.45, 7) is 3.44. The Kier molecular flexibility index (Phi) is 3.11. The Morgan fingerprint density at radius 3 is 2.62 bits per heavy atom. The molecule has 0 spiro atoms. The van der Waals surface area contributed by atoms with E-state index in [9.17, 15) is 0 Å². The van der Waals surface area contributed by atoms with E-state index in [2.05, 4.69) is 67.4 Å². The van der Waals surface area contributed by atoms with Crippen molar-refractivity contribution in [1.82, 2.24) is 4.90 Å². The highest BCUT2D eigenvalue weighted by Crippen LogP contribution is 2.54. The summed E-state index contributed by atoms with van der Waals surface area (Å²) in [7, 11) is 2.30. The second kappa shape index (κ2) is 4.99. The van der Waals surface area contributed by atoms with E-state index >= 15 is 0 Å². The molecule has 0 unspecified atom stereocenters. The van der Waals surface area contributed by atoms with Gasteiger partial charge < -0.3 is 0 Å². The van der Waals surface area contributed by atoms with Gasteiger partial charge in [-0.3, -0.25) is 4.90 Å². The fraction of sp³-hybridized carbons (Fsp3) is 0.400. The van der Waals surface area contributed by atoms with E-state index in [-0.39, 0.29) is 0 Å². The van der Waals surface area contributed by atoms with Crippen LogP contribution in [0.4, 0.5) is 0 Å². The zero-order chi connectivity index (χ0) is 14.4. The molecule has 1 heteroatoms. The van der Waals surface area contributed by atoms with Gasteiger partial charge in [0.2, 0.25) is 0 Å². The van der Waals surface area contributed by atoms with Gasteiger partial charge in [0, 0.05) is 12.0 Å². The van der Waals surface area contributed by atoms with Crippen LogP contribution in [0, 0.1) is 12.8 Å². The maximum atomic E-state index is 2.57. The first kappa shape index (κ1) is 13.1. The van der Waals surface area contributed by atoms with Gasteiger partial charge in [-0.15, -0.1) is 0 Å². The van der Waals surface area contributed by atoms with Gasteiger partial charge in [0.05, 0.1) is 0 Å². The molecule has 1 aliphatic carbocycles. The number of rotatable bonds is 1. The highest BCUT2D eigenvalue weighted by atomic mass is 15.1. The number of fused-ring (bicyclic) bond motifs is 3. The molecule has 1 saturated heterocycles. The number of aryl methyl sites for hydroxylation is 1. The summed E-state index contributed by atoms with van der Waals surface area (Å²) in [5, 5.41) is 0. The van der Waals surface area contributed by atoms with Gasteiger partial charge in [-0.1, -0.05) is 54.1 Å². The molecule has 0 saturated carbocycles. The lowest BCUT2D eigenvalue weighted by molar-refractivity contribution is 0.127. The smallest absolute Gasteiger partial charge is 0.0385 e. The molecule has 0 bridgehead atoms. The summed E-state index contributed by atoms with van der Waals surface area (Å²) in [4.78, 5) is 2.57. The van der Waals surface area contributed by atoms with Crippen molar-refractivity contribution in [3.05, 3.63) is 70.8 Å². The number of benzene rings is 2. The number of piperidine rings is 1. The predicted octanol–water partition coefficient (Wildman–Crippen LogP) is 4.52.